The highest BCUT2D eigenvalue weighted by atomic mass is 16.3. The fourth-order valence-corrected chi connectivity index (χ4v) is 3.90. The Morgan fingerprint density at radius 1 is 0.792 bits per heavy atom. The smallest absolute Gasteiger partial charge is 0.118 e. The Kier molecular flexibility index (Phi) is 6.48. The third-order valence-electron chi connectivity index (χ3n) is 5.33. The Bertz CT molecular complexity index is 620. The second kappa shape index (κ2) is 8.37. The van der Waals surface area contributed by atoms with Gasteiger partial charge in [0.15, 0.2) is 0 Å². The van der Waals surface area contributed by atoms with Crippen LogP contribution in [-0.2, 0) is 0 Å². The van der Waals surface area contributed by atoms with Gasteiger partial charge >= 0.3 is 0 Å². The molecule has 1 N–H and O–H groups in total. The van der Waals surface area contributed by atoms with Gasteiger partial charge in [0.25, 0.3) is 0 Å². The van der Waals surface area contributed by atoms with E-state index in [1.807, 2.05) is 13.0 Å². The van der Waals surface area contributed by atoms with Crippen molar-refractivity contribution in [3.8, 4) is 5.75 Å². The van der Waals surface area contributed by atoms with Gasteiger partial charge in [0, 0.05) is 5.92 Å². The molecule has 0 bridgehead atoms. The average Bonchev–Trinajstić information content (AvgIpc) is 2.54. The Hall–Kier alpha value is -1.76. The summed E-state index contributed by atoms with van der Waals surface area (Å²) in [6.45, 7) is 11.3. The molecule has 0 saturated carbocycles. The predicted octanol–water partition coefficient (Wildman–Crippen LogP) is 6.54. The molecule has 0 saturated heterocycles. The molecular formula is C23H32O. The highest BCUT2D eigenvalue weighted by Gasteiger charge is 2.21. The Balaban J connectivity index is 2.28. The van der Waals surface area contributed by atoms with Gasteiger partial charge in [0.2, 0.25) is 0 Å². The molecule has 0 aromatic heterocycles. The molecule has 2 rings (SSSR count). The van der Waals surface area contributed by atoms with Gasteiger partial charge < -0.3 is 5.11 Å². The van der Waals surface area contributed by atoms with Crippen LogP contribution in [-0.4, -0.2) is 5.11 Å². The molecule has 130 valence electrons. The molecule has 1 nitrogen and oxygen atoms in total. The van der Waals surface area contributed by atoms with E-state index >= 15 is 0 Å². The summed E-state index contributed by atoms with van der Waals surface area (Å²) in [5, 5.41) is 9.86. The van der Waals surface area contributed by atoms with Crippen molar-refractivity contribution in [2.24, 2.45) is 17.8 Å². The molecule has 0 radical (unpaired) electrons. The van der Waals surface area contributed by atoms with Crippen LogP contribution in [0.15, 0.2) is 48.5 Å². The Morgan fingerprint density at radius 2 is 1.42 bits per heavy atom. The van der Waals surface area contributed by atoms with Crippen molar-refractivity contribution in [3.63, 3.8) is 0 Å². The maximum Gasteiger partial charge on any atom is 0.118 e. The second-order valence-corrected chi connectivity index (χ2v) is 7.74. The van der Waals surface area contributed by atoms with E-state index in [9.17, 15) is 5.11 Å². The van der Waals surface area contributed by atoms with E-state index in [0.29, 0.717) is 23.5 Å². The summed E-state index contributed by atoms with van der Waals surface area (Å²) in [4.78, 5) is 0. The number of phenols is 1. The topological polar surface area (TPSA) is 20.2 Å². The third kappa shape index (κ3) is 4.63. The van der Waals surface area contributed by atoms with Crippen molar-refractivity contribution in [1.29, 1.82) is 0 Å². The predicted molar refractivity (Wildman–Crippen MR) is 104 cm³/mol. The molecule has 0 unspecified atom stereocenters. The molecule has 0 amide bonds. The van der Waals surface area contributed by atoms with Gasteiger partial charge in [-0.15, -0.1) is 0 Å². The van der Waals surface area contributed by atoms with E-state index in [2.05, 4.69) is 70.2 Å². The molecule has 0 aliphatic heterocycles. The molecule has 0 aliphatic carbocycles. The number of phenolic OH excluding ortho intramolecular Hbond substituents is 1. The number of rotatable bonds is 7. The van der Waals surface area contributed by atoms with Crippen LogP contribution in [0.2, 0.25) is 0 Å². The van der Waals surface area contributed by atoms with Crippen LogP contribution >= 0.6 is 0 Å². The SMILES string of the molecule is Cc1cc([C@H](CCC(C(C)C)C(C)C)c2ccccc2)ccc1O. The zero-order valence-electron chi connectivity index (χ0n) is 15.8. The van der Waals surface area contributed by atoms with Gasteiger partial charge in [0.1, 0.15) is 5.75 Å². The van der Waals surface area contributed by atoms with Crippen LogP contribution in [0.4, 0.5) is 0 Å². The monoisotopic (exact) mass is 324 g/mol. The number of benzene rings is 2. The first-order chi connectivity index (χ1) is 11.4. The molecule has 0 fully saturated rings. The summed E-state index contributed by atoms with van der Waals surface area (Å²) in [5.74, 6) is 2.94. The molecule has 2 aromatic carbocycles. The number of aryl methyl sites for hydroxylation is 1. The third-order valence-corrected chi connectivity index (χ3v) is 5.33. The van der Waals surface area contributed by atoms with Crippen LogP contribution in [0.3, 0.4) is 0 Å². The van der Waals surface area contributed by atoms with Crippen molar-refractivity contribution < 1.29 is 5.11 Å². The minimum absolute atomic E-state index is 0.382. The fourth-order valence-electron chi connectivity index (χ4n) is 3.90. The summed E-state index contributed by atoms with van der Waals surface area (Å²) in [6.07, 6.45) is 2.38. The second-order valence-electron chi connectivity index (χ2n) is 7.74. The lowest BCUT2D eigenvalue weighted by Gasteiger charge is -2.27. The van der Waals surface area contributed by atoms with Crippen molar-refractivity contribution in [2.45, 2.75) is 53.4 Å². The maximum absolute atomic E-state index is 9.86. The number of hydrogen-bond acceptors (Lipinski definition) is 1. The maximum atomic E-state index is 9.86. The normalized spacial score (nSPS) is 13.0. The van der Waals surface area contributed by atoms with Crippen LogP contribution in [0.25, 0.3) is 0 Å². The summed E-state index contributed by atoms with van der Waals surface area (Å²) in [6, 6.07) is 16.8. The van der Waals surface area contributed by atoms with Gasteiger partial charge in [-0.2, -0.15) is 0 Å². The van der Waals surface area contributed by atoms with Crippen molar-refractivity contribution >= 4 is 0 Å². The summed E-state index contributed by atoms with van der Waals surface area (Å²) in [5.41, 5.74) is 3.63. The molecule has 1 atom stereocenters. The van der Waals surface area contributed by atoms with Crippen LogP contribution in [0.1, 0.15) is 63.1 Å². The minimum Gasteiger partial charge on any atom is -0.508 e. The quantitative estimate of drug-likeness (QED) is 0.613. The summed E-state index contributed by atoms with van der Waals surface area (Å²) in [7, 11) is 0. The van der Waals surface area contributed by atoms with Gasteiger partial charge in [-0.1, -0.05) is 70.2 Å². The fraction of sp³-hybridized carbons (Fsp3) is 0.478. The first kappa shape index (κ1) is 18.6. The van der Waals surface area contributed by atoms with Crippen LogP contribution < -0.4 is 0 Å². The van der Waals surface area contributed by atoms with Gasteiger partial charge in [-0.3, -0.25) is 0 Å². The molecule has 2 aromatic rings. The lowest BCUT2D eigenvalue weighted by atomic mass is 9.78. The highest BCUT2D eigenvalue weighted by Crippen LogP contribution is 2.35. The molecule has 0 spiro atoms. The van der Waals surface area contributed by atoms with Crippen molar-refractivity contribution in [1.82, 2.24) is 0 Å². The standard InChI is InChI=1S/C23H32O/c1-16(2)21(17(3)4)12-13-22(19-9-7-6-8-10-19)20-11-14-23(24)18(5)15-20/h6-11,14-17,21-22,24H,12-13H2,1-5H3/t22-/m1/s1. The van der Waals surface area contributed by atoms with Crippen LogP contribution in [0.5, 0.6) is 5.75 Å². The minimum atomic E-state index is 0.382. The molecule has 0 aliphatic rings. The van der Waals surface area contributed by atoms with Crippen molar-refractivity contribution in [3.05, 3.63) is 65.2 Å². The number of aromatic hydroxyl groups is 1. The number of hydrogen-bond donors (Lipinski definition) is 1. The van der Waals surface area contributed by atoms with E-state index in [1.54, 1.807) is 0 Å². The zero-order chi connectivity index (χ0) is 17.7. The van der Waals surface area contributed by atoms with E-state index in [0.717, 1.165) is 17.9 Å². The van der Waals surface area contributed by atoms with E-state index in [-0.39, 0.29) is 0 Å². The lowest BCUT2D eigenvalue weighted by molar-refractivity contribution is 0.260. The first-order valence-corrected chi connectivity index (χ1v) is 9.24. The van der Waals surface area contributed by atoms with Gasteiger partial charge in [-0.25, -0.2) is 0 Å². The molecule has 24 heavy (non-hydrogen) atoms. The largest absolute Gasteiger partial charge is 0.508 e. The average molecular weight is 325 g/mol. The lowest BCUT2D eigenvalue weighted by Crippen LogP contribution is -2.17. The van der Waals surface area contributed by atoms with Gasteiger partial charge in [-0.05, 0) is 60.3 Å². The molecule has 0 heterocycles. The first-order valence-electron chi connectivity index (χ1n) is 9.24. The van der Waals surface area contributed by atoms with Crippen molar-refractivity contribution in [2.75, 3.05) is 0 Å². The highest BCUT2D eigenvalue weighted by molar-refractivity contribution is 5.40. The van der Waals surface area contributed by atoms with E-state index < -0.39 is 0 Å². The molecule has 1 heteroatoms. The summed E-state index contributed by atoms with van der Waals surface area (Å²) >= 11 is 0. The van der Waals surface area contributed by atoms with Crippen LogP contribution in [0, 0.1) is 24.7 Å². The van der Waals surface area contributed by atoms with E-state index in [4.69, 9.17) is 0 Å². The van der Waals surface area contributed by atoms with E-state index in [1.165, 1.54) is 17.5 Å². The Morgan fingerprint density at radius 3 is 1.96 bits per heavy atom. The Labute approximate surface area is 147 Å². The summed E-state index contributed by atoms with van der Waals surface area (Å²) < 4.78 is 0. The molecular weight excluding hydrogens is 292 g/mol. The zero-order valence-corrected chi connectivity index (χ0v) is 15.8. The van der Waals surface area contributed by atoms with Gasteiger partial charge in [0.05, 0.1) is 0 Å².